The zero-order chi connectivity index (χ0) is 22.8. The van der Waals surface area contributed by atoms with E-state index in [1.54, 1.807) is 15.6 Å². The van der Waals surface area contributed by atoms with Crippen LogP contribution in [0.25, 0.3) is 10.9 Å². The molecular formula is C26H31FN4O2. The number of aromatic nitrogens is 2. The molecule has 0 spiro atoms. The summed E-state index contributed by atoms with van der Waals surface area (Å²) < 4.78 is 21.0. The Balaban J connectivity index is 1.08. The molecule has 0 radical (unpaired) electrons. The van der Waals surface area contributed by atoms with Crippen LogP contribution in [0.3, 0.4) is 0 Å². The van der Waals surface area contributed by atoms with E-state index in [-0.39, 0.29) is 11.9 Å². The molecule has 2 aliphatic rings. The van der Waals surface area contributed by atoms with Crippen LogP contribution in [-0.4, -0.2) is 53.6 Å². The Morgan fingerprint density at radius 2 is 1.97 bits per heavy atom. The van der Waals surface area contributed by atoms with Crippen molar-refractivity contribution in [2.24, 2.45) is 7.05 Å². The molecule has 174 valence electrons. The van der Waals surface area contributed by atoms with Crippen molar-refractivity contribution in [2.75, 3.05) is 37.7 Å². The summed E-state index contributed by atoms with van der Waals surface area (Å²) >= 11 is 0. The number of aryl methyl sites for hydroxylation is 2. The number of amides is 1. The summed E-state index contributed by atoms with van der Waals surface area (Å²) in [5, 5.41) is 5.76. The van der Waals surface area contributed by atoms with Crippen molar-refractivity contribution in [2.45, 2.75) is 38.0 Å². The maximum atomic E-state index is 13.6. The summed E-state index contributed by atoms with van der Waals surface area (Å²) in [6.07, 6.45) is 4.65. The third-order valence-electron chi connectivity index (χ3n) is 6.99. The normalized spacial score (nSPS) is 17.3. The largest absolute Gasteiger partial charge is 0.449 e. The molecule has 33 heavy (non-hydrogen) atoms. The summed E-state index contributed by atoms with van der Waals surface area (Å²) in [6.45, 7) is 4.07. The maximum absolute atomic E-state index is 13.6. The van der Waals surface area contributed by atoms with Gasteiger partial charge in [0.05, 0.1) is 23.5 Å². The number of anilines is 1. The van der Waals surface area contributed by atoms with Gasteiger partial charge in [0.2, 0.25) is 0 Å². The average molecular weight is 451 g/mol. The lowest BCUT2D eigenvalue weighted by Gasteiger charge is -2.31. The van der Waals surface area contributed by atoms with E-state index in [0.717, 1.165) is 80.6 Å². The van der Waals surface area contributed by atoms with Crippen LogP contribution < -0.4 is 4.90 Å². The molecule has 2 aliphatic heterocycles. The molecule has 0 aliphatic carbocycles. The second-order valence-electron chi connectivity index (χ2n) is 9.14. The molecule has 3 heterocycles. The predicted molar refractivity (Wildman–Crippen MR) is 127 cm³/mol. The number of hydrogen-bond acceptors (Lipinski definition) is 4. The monoisotopic (exact) mass is 450 g/mol. The number of piperidine rings is 1. The Morgan fingerprint density at radius 1 is 1.15 bits per heavy atom. The fourth-order valence-electron chi connectivity index (χ4n) is 5.24. The minimum absolute atomic E-state index is 0.225. The number of para-hydroxylation sites is 1. The van der Waals surface area contributed by atoms with Gasteiger partial charge in [-0.05, 0) is 75.0 Å². The molecule has 0 N–H and O–H groups in total. The van der Waals surface area contributed by atoms with Gasteiger partial charge in [-0.15, -0.1) is 0 Å². The molecule has 3 aromatic rings. The Labute approximate surface area is 193 Å². The first-order valence-electron chi connectivity index (χ1n) is 12.0. The molecular weight excluding hydrogens is 419 g/mol. The van der Waals surface area contributed by atoms with Gasteiger partial charge < -0.3 is 9.64 Å². The predicted octanol–water partition coefficient (Wildman–Crippen LogP) is 4.87. The zero-order valence-electron chi connectivity index (χ0n) is 19.2. The molecule has 1 amide bonds. The van der Waals surface area contributed by atoms with Crippen molar-refractivity contribution < 1.29 is 13.9 Å². The van der Waals surface area contributed by atoms with Crippen molar-refractivity contribution in [3.63, 3.8) is 0 Å². The number of ether oxygens (including phenoxy) is 1. The third kappa shape index (κ3) is 4.60. The summed E-state index contributed by atoms with van der Waals surface area (Å²) in [4.78, 5) is 16.8. The number of halogens is 1. The van der Waals surface area contributed by atoms with E-state index in [4.69, 9.17) is 9.84 Å². The first-order chi connectivity index (χ1) is 16.1. The number of nitrogens with zero attached hydrogens (tertiary/aromatic N) is 4. The Bertz CT molecular complexity index is 1140. The van der Waals surface area contributed by atoms with Gasteiger partial charge in [0, 0.05) is 31.4 Å². The molecule has 7 heteroatoms. The van der Waals surface area contributed by atoms with E-state index in [0.29, 0.717) is 12.5 Å². The summed E-state index contributed by atoms with van der Waals surface area (Å²) in [5.74, 6) is 0.171. The first kappa shape index (κ1) is 21.9. The fraction of sp³-hybridized carbons (Fsp3) is 0.462. The Hall–Kier alpha value is -2.93. The number of carbonyl (C=O) groups excluding carboxylic acids is 1. The second-order valence-corrected chi connectivity index (χ2v) is 9.14. The first-order valence-corrected chi connectivity index (χ1v) is 12.0. The van der Waals surface area contributed by atoms with E-state index >= 15 is 0 Å². The molecule has 1 aromatic heterocycles. The van der Waals surface area contributed by atoms with E-state index in [1.807, 2.05) is 31.3 Å². The number of carbonyl (C=O) groups is 1. The summed E-state index contributed by atoms with van der Waals surface area (Å²) in [6, 6.07) is 13.0. The van der Waals surface area contributed by atoms with E-state index in [1.165, 1.54) is 11.6 Å². The van der Waals surface area contributed by atoms with Crippen LogP contribution in [0.4, 0.5) is 14.9 Å². The lowest BCUT2D eigenvalue weighted by molar-refractivity contribution is 0.139. The van der Waals surface area contributed by atoms with Gasteiger partial charge in [0.1, 0.15) is 5.82 Å². The van der Waals surface area contributed by atoms with Crippen LogP contribution >= 0.6 is 0 Å². The Morgan fingerprint density at radius 3 is 2.82 bits per heavy atom. The van der Waals surface area contributed by atoms with E-state index in [9.17, 15) is 9.18 Å². The summed E-state index contributed by atoms with van der Waals surface area (Å²) in [7, 11) is 1.88. The maximum Gasteiger partial charge on any atom is 0.414 e. The molecule has 1 fully saturated rings. The van der Waals surface area contributed by atoms with Gasteiger partial charge in [-0.3, -0.25) is 9.58 Å². The SMILES string of the molecule is Cn1nc(C2CCN(CCCOC(=O)N3CCCc4ccccc43)CC2)c2ccc(F)cc21. The lowest BCUT2D eigenvalue weighted by Crippen LogP contribution is -2.37. The minimum Gasteiger partial charge on any atom is -0.449 e. The molecule has 0 bridgehead atoms. The number of rotatable bonds is 5. The highest BCUT2D eigenvalue weighted by molar-refractivity contribution is 5.89. The Kier molecular flexibility index (Phi) is 6.31. The van der Waals surface area contributed by atoms with Gasteiger partial charge in [-0.2, -0.15) is 5.10 Å². The molecule has 1 saturated heterocycles. The molecule has 0 atom stereocenters. The van der Waals surface area contributed by atoms with Crippen LogP contribution in [0.2, 0.25) is 0 Å². The van der Waals surface area contributed by atoms with Crippen LogP contribution in [0.1, 0.15) is 42.9 Å². The van der Waals surface area contributed by atoms with Crippen molar-refractivity contribution in [1.29, 1.82) is 0 Å². The minimum atomic E-state index is -0.237. The van der Waals surface area contributed by atoms with Crippen molar-refractivity contribution >= 4 is 22.7 Å². The van der Waals surface area contributed by atoms with Crippen LogP contribution in [-0.2, 0) is 18.2 Å². The van der Waals surface area contributed by atoms with Gasteiger partial charge in [-0.25, -0.2) is 9.18 Å². The number of likely N-dealkylation sites (tertiary alicyclic amines) is 1. The standard InChI is InChI=1S/C26H31FN4O2/c1-29-24-18-21(27)9-10-22(24)25(28-29)20-11-15-30(16-12-20)13-5-17-33-26(32)31-14-4-7-19-6-2-3-8-23(19)31/h2-3,6,8-10,18,20H,4-5,7,11-17H2,1H3. The number of benzene rings is 2. The topological polar surface area (TPSA) is 50.6 Å². The van der Waals surface area contributed by atoms with Gasteiger partial charge in [0.15, 0.2) is 0 Å². The molecule has 6 nitrogen and oxygen atoms in total. The van der Waals surface area contributed by atoms with Crippen molar-refractivity contribution in [3.8, 4) is 0 Å². The number of fused-ring (bicyclic) bond motifs is 2. The quantitative estimate of drug-likeness (QED) is 0.521. The van der Waals surface area contributed by atoms with Gasteiger partial charge >= 0.3 is 6.09 Å². The molecule has 0 saturated carbocycles. The molecule has 0 unspecified atom stereocenters. The van der Waals surface area contributed by atoms with Crippen molar-refractivity contribution in [1.82, 2.24) is 14.7 Å². The lowest BCUT2D eigenvalue weighted by atomic mass is 9.91. The van der Waals surface area contributed by atoms with Crippen LogP contribution in [0.5, 0.6) is 0 Å². The van der Waals surface area contributed by atoms with Crippen LogP contribution in [0, 0.1) is 5.82 Å². The van der Waals surface area contributed by atoms with Gasteiger partial charge in [0.25, 0.3) is 0 Å². The number of hydrogen-bond donors (Lipinski definition) is 0. The summed E-state index contributed by atoms with van der Waals surface area (Å²) in [5.41, 5.74) is 4.14. The van der Waals surface area contributed by atoms with E-state index in [2.05, 4.69) is 11.0 Å². The average Bonchev–Trinajstić information content (AvgIpc) is 3.17. The van der Waals surface area contributed by atoms with Crippen molar-refractivity contribution in [3.05, 3.63) is 59.5 Å². The molecule has 5 rings (SSSR count). The second kappa shape index (κ2) is 9.51. The fourth-order valence-corrected chi connectivity index (χ4v) is 5.24. The van der Waals surface area contributed by atoms with Crippen LogP contribution in [0.15, 0.2) is 42.5 Å². The van der Waals surface area contributed by atoms with E-state index < -0.39 is 0 Å². The highest BCUT2D eigenvalue weighted by Crippen LogP contribution is 2.32. The zero-order valence-corrected chi connectivity index (χ0v) is 19.2. The van der Waals surface area contributed by atoms with Gasteiger partial charge in [-0.1, -0.05) is 18.2 Å². The smallest absolute Gasteiger partial charge is 0.414 e. The highest BCUT2D eigenvalue weighted by Gasteiger charge is 2.26. The molecule has 2 aromatic carbocycles. The highest BCUT2D eigenvalue weighted by atomic mass is 19.1. The third-order valence-corrected chi connectivity index (χ3v) is 6.99.